The highest BCUT2D eigenvalue weighted by Crippen LogP contribution is 2.26. The van der Waals surface area contributed by atoms with Crippen molar-refractivity contribution in [2.24, 2.45) is 0 Å². The van der Waals surface area contributed by atoms with E-state index < -0.39 is 6.10 Å². The van der Waals surface area contributed by atoms with Crippen LogP contribution >= 0.6 is 0 Å². The third kappa shape index (κ3) is 7.03. The molecule has 1 saturated carbocycles. The van der Waals surface area contributed by atoms with E-state index in [1.807, 2.05) is 25.1 Å². The Hall–Kier alpha value is -3.67. The van der Waals surface area contributed by atoms with Gasteiger partial charge in [-0.3, -0.25) is 9.69 Å². The van der Waals surface area contributed by atoms with Crippen LogP contribution in [0.4, 0.5) is 11.6 Å². The maximum Gasteiger partial charge on any atom is 0.251 e. The van der Waals surface area contributed by atoms with Gasteiger partial charge in [-0.25, -0.2) is 9.97 Å². The number of oxazole rings is 1. The maximum absolute atomic E-state index is 13.2. The molecule has 4 heterocycles. The summed E-state index contributed by atoms with van der Waals surface area (Å²) in [4.78, 5) is 26.5. The first kappa shape index (κ1) is 28.4. The van der Waals surface area contributed by atoms with Gasteiger partial charge in [-0.2, -0.15) is 0 Å². The van der Waals surface area contributed by atoms with Crippen LogP contribution < -0.4 is 20.3 Å². The molecular weight excluding hydrogens is 536 g/mol. The predicted octanol–water partition coefficient (Wildman–Crippen LogP) is 2.91. The van der Waals surface area contributed by atoms with Crippen LogP contribution in [0.1, 0.15) is 52.2 Å². The molecule has 3 aliphatic rings. The highest BCUT2D eigenvalue weighted by atomic mass is 16.5. The van der Waals surface area contributed by atoms with Crippen molar-refractivity contribution in [1.82, 2.24) is 20.2 Å². The standard InChI is InChI=1S/C31H40N6O5/c1-21-28(42-20-33-21)19-41-27-6-5-23-17-36(8-7-22(23)13-27)18-26(38)16-32-31(39)24-14-29(34-25-3-2-4-25)35-30(15-24)37-9-11-40-12-10-37/h5-6,13-15,20,25-26,38H,2-4,7-12,16-19H2,1H3,(H,32,39)(H,34,35). The molecule has 0 spiro atoms. The second kappa shape index (κ2) is 13.1. The Kier molecular flexibility index (Phi) is 8.87. The maximum atomic E-state index is 13.2. The largest absolute Gasteiger partial charge is 0.486 e. The number of carbonyl (C=O) groups is 1. The number of carbonyl (C=O) groups excluding carboxylic acids is 1. The lowest BCUT2D eigenvalue weighted by Gasteiger charge is -2.31. The number of ether oxygens (including phenoxy) is 2. The van der Waals surface area contributed by atoms with E-state index >= 15 is 0 Å². The van der Waals surface area contributed by atoms with Gasteiger partial charge in [0, 0.05) is 50.9 Å². The molecule has 0 bridgehead atoms. The number of morpholine rings is 1. The average molecular weight is 577 g/mol. The zero-order chi connectivity index (χ0) is 28.9. The summed E-state index contributed by atoms with van der Waals surface area (Å²) in [5, 5.41) is 17.2. The summed E-state index contributed by atoms with van der Waals surface area (Å²) in [6.07, 6.45) is 5.07. The third-order valence-corrected chi connectivity index (χ3v) is 8.32. The summed E-state index contributed by atoms with van der Waals surface area (Å²) in [6, 6.07) is 10.2. The molecular formula is C31H40N6O5. The van der Waals surface area contributed by atoms with Crippen molar-refractivity contribution < 1.29 is 23.8 Å². The number of amides is 1. The van der Waals surface area contributed by atoms with Crippen LogP contribution in [0.15, 0.2) is 41.1 Å². The van der Waals surface area contributed by atoms with Crippen molar-refractivity contribution in [2.75, 3.05) is 56.2 Å². The molecule has 224 valence electrons. The Labute approximate surface area is 246 Å². The molecule has 2 fully saturated rings. The van der Waals surface area contributed by atoms with Crippen LogP contribution in [0.2, 0.25) is 0 Å². The van der Waals surface area contributed by atoms with Gasteiger partial charge in [0.15, 0.2) is 12.2 Å². The van der Waals surface area contributed by atoms with Gasteiger partial charge in [0.05, 0.1) is 25.0 Å². The van der Waals surface area contributed by atoms with Crippen molar-refractivity contribution in [2.45, 2.75) is 57.9 Å². The lowest BCUT2D eigenvalue weighted by Crippen LogP contribution is -2.42. The van der Waals surface area contributed by atoms with E-state index in [4.69, 9.17) is 18.9 Å². The van der Waals surface area contributed by atoms with Gasteiger partial charge in [0.1, 0.15) is 24.0 Å². The van der Waals surface area contributed by atoms with E-state index in [9.17, 15) is 9.90 Å². The predicted molar refractivity (Wildman–Crippen MR) is 158 cm³/mol. The van der Waals surface area contributed by atoms with Crippen molar-refractivity contribution in [3.8, 4) is 5.75 Å². The quantitative estimate of drug-likeness (QED) is 0.314. The van der Waals surface area contributed by atoms with Gasteiger partial charge in [-0.1, -0.05) is 6.07 Å². The minimum absolute atomic E-state index is 0.177. The van der Waals surface area contributed by atoms with E-state index in [0.717, 1.165) is 74.3 Å². The Morgan fingerprint density at radius 1 is 1.17 bits per heavy atom. The average Bonchev–Trinajstić information content (AvgIpc) is 3.41. The molecule has 1 atom stereocenters. The molecule has 1 unspecified atom stereocenters. The minimum Gasteiger partial charge on any atom is -0.486 e. The normalized spacial score (nSPS) is 18.2. The molecule has 2 aromatic heterocycles. The third-order valence-electron chi connectivity index (χ3n) is 8.32. The molecule has 11 nitrogen and oxygen atoms in total. The molecule has 1 aliphatic carbocycles. The van der Waals surface area contributed by atoms with Gasteiger partial charge in [0.25, 0.3) is 5.91 Å². The van der Waals surface area contributed by atoms with E-state index in [2.05, 4.69) is 37.6 Å². The van der Waals surface area contributed by atoms with Crippen molar-refractivity contribution in [1.29, 1.82) is 0 Å². The summed E-state index contributed by atoms with van der Waals surface area (Å²) in [5.41, 5.74) is 3.85. The number of β-amino-alcohol motifs (C(OH)–C–C–N with tert-alkyl or cyclic N) is 1. The fraction of sp³-hybridized carbons (Fsp3) is 0.516. The smallest absolute Gasteiger partial charge is 0.251 e. The molecule has 1 saturated heterocycles. The Morgan fingerprint density at radius 2 is 2.02 bits per heavy atom. The summed E-state index contributed by atoms with van der Waals surface area (Å²) in [7, 11) is 0. The van der Waals surface area contributed by atoms with Gasteiger partial charge in [-0.15, -0.1) is 0 Å². The number of rotatable bonds is 11. The fourth-order valence-corrected chi connectivity index (χ4v) is 5.56. The summed E-state index contributed by atoms with van der Waals surface area (Å²) in [6.45, 7) is 7.26. The van der Waals surface area contributed by atoms with Crippen LogP contribution in [-0.2, 0) is 24.3 Å². The van der Waals surface area contributed by atoms with Crippen LogP contribution in [0.25, 0.3) is 0 Å². The monoisotopic (exact) mass is 576 g/mol. The number of benzene rings is 1. The summed E-state index contributed by atoms with van der Waals surface area (Å²) in [5.74, 6) is 2.83. The molecule has 3 N–H and O–H groups in total. The lowest BCUT2D eigenvalue weighted by molar-refractivity contribution is 0.0841. The fourth-order valence-electron chi connectivity index (χ4n) is 5.56. The number of aliphatic hydroxyl groups is 1. The molecule has 11 heteroatoms. The summed E-state index contributed by atoms with van der Waals surface area (Å²) < 4.78 is 16.8. The van der Waals surface area contributed by atoms with Crippen molar-refractivity contribution in [3.05, 3.63) is 64.9 Å². The molecule has 0 radical (unpaired) electrons. The zero-order valence-corrected chi connectivity index (χ0v) is 24.2. The first-order valence-electron chi connectivity index (χ1n) is 14.9. The Morgan fingerprint density at radius 3 is 2.79 bits per heavy atom. The van der Waals surface area contributed by atoms with Crippen LogP contribution in [-0.4, -0.2) is 84.0 Å². The number of hydrogen-bond donors (Lipinski definition) is 3. The molecule has 1 aromatic carbocycles. The number of hydrogen-bond acceptors (Lipinski definition) is 10. The van der Waals surface area contributed by atoms with E-state index in [0.29, 0.717) is 38.0 Å². The summed E-state index contributed by atoms with van der Waals surface area (Å²) >= 11 is 0. The van der Waals surface area contributed by atoms with Gasteiger partial charge < -0.3 is 34.5 Å². The van der Waals surface area contributed by atoms with Gasteiger partial charge >= 0.3 is 0 Å². The van der Waals surface area contributed by atoms with E-state index in [1.54, 1.807) is 0 Å². The van der Waals surface area contributed by atoms with Crippen molar-refractivity contribution in [3.63, 3.8) is 0 Å². The molecule has 3 aromatic rings. The zero-order valence-electron chi connectivity index (χ0n) is 24.2. The highest BCUT2D eigenvalue weighted by Gasteiger charge is 2.23. The Bertz CT molecular complexity index is 1370. The number of nitrogens with one attached hydrogen (secondary N) is 2. The van der Waals surface area contributed by atoms with Crippen LogP contribution in [0.5, 0.6) is 5.75 Å². The molecule has 2 aliphatic heterocycles. The van der Waals surface area contributed by atoms with Crippen LogP contribution in [0, 0.1) is 6.92 Å². The van der Waals surface area contributed by atoms with Gasteiger partial charge in [0.2, 0.25) is 0 Å². The molecule has 1 amide bonds. The van der Waals surface area contributed by atoms with Gasteiger partial charge in [-0.05, 0) is 68.0 Å². The van der Waals surface area contributed by atoms with E-state index in [-0.39, 0.29) is 12.5 Å². The first-order valence-corrected chi connectivity index (χ1v) is 14.9. The van der Waals surface area contributed by atoms with Crippen LogP contribution in [0.3, 0.4) is 0 Å². The number of fused-ring (bicyclic) bond motifs is 1. The Balaban J connectivity index is 1.01. The minimum atomic E-state index is -0.684. The second-order valence-corrected chi connectivity index (χ2v) is 11.4. The first-order chi connectivity index (χ1) is 20.5. The number of aliphatic hydroxyl groups excluding tert-OH is 1. The number of aryl methyl sites for hydroxylation is 1. The number of anilines is 2. The van der Waals surface area contributed by atoms with Crippen molar-refractivity contribution >= 4 is 17.5 Å². The van der Waals surface area contributed by atoms with E-state index in [1.165, 1.54) is 23.9 Å². The number of nitrogens with zero attached hydrogens (tertiary/aromatic N) is 4. The lowest BCUT2D eigenvalue weighted by atomic mass is 9.93. The molecule has 42 heavy (non-hydrogen) atoms. The number of aromatic nitrogens is 2. The highest BCUT2D eigenvalue weighted by molar-refractivity contribution is 5.95. The SMILES string of the molecule is Cc1ncoc1COc1ccc2c(c1)CCN(CC(O)CNC(=O)c1cc(NC3CCC3)nc(N3CCOCC3)c1)C2. The number of pyridine rings is 1. The second-order valence-electron chi connectivity index (χ2n) is 11.4. The molecule has 6 rings (SSSR count). The topological polar surface area (TPSA) is 125 Å².